The van der Waals surface area contributed by atoms with Gasteiger partial charge < -0.3 is 19.7 Å². The maximum atomic E-state index is 15.0. The summed E-state index contributed by atoms with van der Waals surface area (Å²) in [5, 5.41) is 13.2. The van der Waals surface area contributed by atoms with Crippen molar-refractivity contribution in [2.45, 2.75) is 45.1 Å². The van der Waals surface area contributed by atoms with Gasteiger partial charge in [-0.2, -0.15) is 0 Å². The maximum absolute atomic E-state index is 15.0. The van der Waals surface area contributed by atoms with E-state index in [1.807, 2.05) is 24.5 Å². The Labute approximate surface area is 212 Å². The van der Waals surface area contributed by atoms with Gasteiger partial charge >= 0.3 is 0 Å². The Bertz CT molecular complexity index is 1470. The topological polar surface area (TPSA) is 101 Å². The molecule has 1 saturated heterocycles. The summed E-state index contributed by atoms with van der Waals surface area (Å²) in [5.74, 6) is 0.0644. The van der Waals surface area contributed by atoms with E-state index in [9.17, 15) is 9.50 Å². The number of rotatable bonds is 5. The summed E-state index contributed by atoms with van der Waals surface area (Å²) in [7, 11) is 0. The molecule has 11 heteroatoms. The third kappa shape index (κ3) is 4.65. The van der Waals surface area contributed by atoms with Gasteiger partial charge in [-0.05, 0) is 44.0 Å². The van der Waals surface area contributed by atoms with E-state index in [1.54, 1.807) is 18.3 Å². The zero-order valence-corrected chi connectivity index (χ0v) is 20.6. The van der Waals surface area contributed by atoms with Gasteiger partial charge in [0, 0.05) is 31.4 Å². The molecule has 2 aliphatic rings. The number of hydrogen-bond acceptors (Lipinski definition) is 8. The number of pyridine rings is 1. The largest absolute Gasteiger partial charge is 0.389 e. The number of fused-ring (bicyclic) bond motifs is 3. The molecular formula is C26H27F2N7O2. The smallest absolute Gasteiger partial charge is 0.229 e. The fourth-order valence-electron chi connectivity index (χ4n) is 5.09. The molecule has 37 heavy (non-hydrogen) atoms. The first-order valence-electron chi connectivity index (χ1n) is 12.2. The van der Waals surface area contributed by atoms with Crippen LogP contribution in [-0.2, 0) is 17.9 Å². The van der Waals surface area contributed by atoms with Crippen LogP contribution in [0.4, 0.5) is 20.5 Å². The Morgan fingerprint density at radius 3 is 2.78 bits per heavy atom. The summed E-state index contributed by atoms with van der Waals surface area (Å²) in [6, 6.07) is 6.65. The second-order valence-electron chi connectivity index (χ2n) is 10.1. The third-order valence-corrected chi connectivity index (χ3v) is 6.87. The van der Waals surface area contributed by atoms with Gasteiger partial charge in [-0.3, -0.25) is 4.90 Å². The van der Waals surface area contributed by atoms with E-state index in [4.69, 9.17) is 4.74 Å². The van der Waals surface area contributed by atoms with Crippen molar-refractivity contribution in [2.24, 2.45) is 0 Å². The minimum absolute atomic E-state index is 0.0220. The molecule has 4 aromatic rings. The number of hydrogen-bond donors (Lipinski definition) is 2. The molecule has 0 amide bonds. The standard InChI is InChI=1S/C26H27F2N7O2/c1-15-12-37-13-22-32-24-18(27)7-17(8-20(24)35(15)22)23-19(28)10-30-25(33-23)31-21-4-3-16(9-29-21)11-34-6-5-26(2,36)14-34/h3-4,7-10,15,36H,5-6,11-14H2,1-2H3,(H,29,30,31,33). The molecule has 2 N–H and O–H groups in total. The molecule has 0 aliphatic carbocycles. The van der Waals surface area contributed by atoms with Crippen molar-refractivity contribution in [1.82, 2.24) is 29.4 Å². The second-order valence-corrected chi connectivity index (χ2v) is 10.1. The van der Waals surface area contributed by atoms with Gasteiger partial charge in [0.2, 0.25) is 5.95 Å². The first-order chi connectivity index (χ1) is 17.8. The predicted octanol–water partition coefficient (Wildman–Crippen LogP) is 3.96. The van der Waals surface area contributed by atoms with Crippen molar-refractivity contribution in [2.75, 3.05) is 25.0 Å². The number of nitrogens with zero attached hydrogens (tertiary/aromatic N) is 6. The normalized spacial score (nSPS) is 21.9. The average Bonchev–Trinajstić information content (AvgIpc) is 3.42. The number of β-amino-alcohol motifs (C(OH)–C–C–N with tert-alkyl or cyclic N) is 1. The van der Waals surface area contributed by atoms with Crippen molar-refractivity contribution in [3.63, 3.8) is 0 Å². The van der Waals surface area contributed by atoms with Gasteiger partial charge in [0.25, 0.3) is 0 Å². The Hall–Kier alpha value is -3.54. The molecule has 0 spiro atoms. The summed E-state index contributed by atoms with van der Waals surface area (Å²) in [5.41, 5.74) is 1.43. The van der Waals surface area contributed by atoms with Crippen LogP contribution in [0.2, 0.25) is 0 Å². The molecule has 2 aliphatic heterocycles. The van der Waals surface area contributed by atoms with Crippen molar-refractivity contribution >= 4 is 22.8 Å². The number of imidazole rings is 1. The van der Waals surface area contributed by atoms with Crippen molar-refractivity contribution in [1.29, 1.82) is 0 Å². The molecule has 0 saturated carbocycles. The van der Waals surface area contributed by atoms with Crippen molar-refractivity contribution in [3.8, 4) is 11.3 Å². The number of benzene rings is 1. The van der Waals surface area contributed by atoms with Crippen LogP contribution in [0.3, 0.4) is 0 Å². The fourth-order valence-corrected chi connectivity index (χ4v) is 5.09. The van der Waals surface area contributed by atoms with Gasteiger partial charge in [-0.1, -0.05) is 6.07 Å². The molecule has 9 nitrogen and oxygen atoms in total. The Kier molecular flexibility index (Phi) is 5.85. The van der Waals surface area contributed by atoms with Crippen LogP contribution in [0.25, 0.3) is 22.3 Å². The fraction of sp³-hybridized carbons (Fsp3) is 0.385. The number of nitrogens with one attached hydrogen (secondary N) is 1. The Morgan fingerprint density at radius 2 is 2.03 bits per heavy atom. The zero-order chi connectivity index (χ0) is 25.7. The van der Waals surface area contributed by atoms with Crippen molar-refractivity contribution < 1.29 is 18.6 Å². The number of anilines is 2. The molecule has 2 atom stereocenters. The molecule has 1 aromatic carbocycles. The van der Waals surface area contributed by atoms with Crippen LogP contribution in [0.15, 0.2) is 36.7 Å². The lowest BCUT2D eigenvalue weighted by molar-refractivity contribution is 0.0621. The highest BCUT2D eigenvalue weighted by Crippen LogP contribution is 2.32. The zero-order valence-electron chi connectivity index (χ0n) is 20.6. The Morgan fingerprint density at radius 1 is 1.16 bits per heavy atom. The van der Waals surface area contributed by atoms with E-state index in [0.717, 1.165) is 24.7 Å². The van der Waals surface area contributed by atoms with Crippen molar-refractivity contribution in [3.05, 3.63) is 59.7 Å². The van der Waals surface area contributed by atoms with E-state index in [0.29, 0.717) is 49.0 Å². The molecule has 6 rings (SSSR count). The predicted molar refractivity (Wildman–Crippen MR) is 133 cm³/mol. The minimum atomic E-state index is -0.663. The monoisotopic (exact) mass is 507 g/mol. The number of aromatic nitrogens is 5. The van der Waals surface area contributed by atoms with Crippen LogP contribution in [-0.4, -0.2) is 59.8 Å². The van der Waals surface area contributed by atoms with Crippen LogP contribution in [0.1, 0.15) is 37.7 Å². The maximum Gasteiger partial charge on any atom is 0.229 e. The minimum Gasteiger partial charge on any atom is -0.389 e. The second kappa shape index (κ2) is 9.09. The first kappa shape index (κ1) is 23.8. The molecule has 0 radical (unpaired) electrons. The lowest BCUT2D eigenvalue weighted by Crippen LogP contribution is -2.29. The SMILES string of the molecule is CC1COCc2nc3c(F)cc(-c4nc(Nc5ccc(CN6CCC(C)(O)C6)cn5)ncc4F)cc3n21. The van der Waals surface area contributed by atoms with Crippen LogP contribution < -0.4 is 5.32 Å². The highest BCUT2D eigenvalue weighted by atomic mass is 19.1. The summed E-state index contributed by atoms with van der Waals surface area (Å²) >= 11 is 0. The molecule has 5 heterocycles. The van der Waals surface area contributed by atoms with Crippen LogP contribution in [0, 0.1) is 11.6 Å². The van der Waals surface area contributed by atoms with E-state index >= 15 is 4.39 Å². The van der Waals surface area contributed by atoms with Gasteiger partial charge in [0.1, 0.15) is 29.5 Å². The summed E-state index contributed by atoms with van der Waals surface area (Å²) in [6.07, 6.45) is 3.55. The van der Waals surface area contributed by atoms with Crippen LogP contribution >= 0.6 is 0 Å². The van der Waals surface area contributed by atoms with E-state index in [-0.39, 0.29) is 23.2 Å². The highest BCUT2D eigenvalue weighted by molar-refractivity contribution is 5.83. The van der Waals surface area contributed by atoms with Gasteiger partial charge in [0.05, 0.1) is 30.0 Å². The van der Waals surface area contributed by atoms with Crippen LogP contribution in [0.5, 0.6) is 0 Å². The quantitative estimate of drug-likeness (QED) is 0.419. The molecular weight excluding hydrogens is 480 g/mol. The number of halogens is 2. The number of likely N-dealkylation sites (tertiary alicyclic amines) is 1. The molecule has 0 bridgehead atoms. The molecule has 2 unspecified atom stereocenters. The lowest BCUT2D eigenvalue weighted by atomic mass is 10.1. The van der Waals surface area contributed by atoms with E-state index < -0.39 is 17.2 Å². The average molecular weight is 508 g/mol. The number of ether oxygens (including phenoxy) is 1. The number of aliphatic hydroxyl groups is 1. The highest BCUT2D eigenvalue weighted by Gasteiger charge is 2.31. The summed E-state index contributed by atoms with van der Waals surface area (Å²) in [6.45, 7) is 6.76. The van der Waals surface area contributed by atoms with E-state index in [1.165, 1.54) is 6.07 Å². The summed E-state index contributed by atoms with van der Waals surface area (Å²) in [4.78, 5) is 19.4. The summed E-state index contributed by atoms with van der Waals surface area (Å²) < 4.78 is 37.3. The van der Waals surface area contributed by atoms with Gasteiger partial charge in [-0.15, -0.1) is 0 Å². The Balaban J connectivity index is 1.25. The first-order valence-corrected chi connectivity index (χ1v) is 12.2. The van der Waals surface area contributed by atoms with Gasteiger partial charge in [0.15, 0.2) is 11.6 Å². The molecule has 3 aromatic heterocycles. The molecule has 1 fully saturated rings. The van der Waals surface area contributed by atoms with Gasteiger partial charge in [-0.25, -0.2) is 28.7 Å². The third-order valence-electron chi connectivity index (χ3n) is 6.87. The molecule has 192 valence electrons. The lowest BCUT2D eigenvalue weighted by Gasteiger charge is -2.22. The van der Waals surface area contributed by atoms with E-state index in [2.05, 4.69) is 30.2 Å².